The molecule has 1 aromatic heterocycles. The van der Waals surface area contributed by atoms with Crippen molar-refractivity contribution in [2.75, 3.05) is 13.1 Å². The highest BCUT2D eigenvalue weighted by molar-refractivity contribution is 7.18. The van der Waals surface area contributed by atoms with Crippen LogP contribution in [0.5, 0.6) is 0 Å². The molecule has 7 heteroatoms. The third-order valence-electron chi connectivity index (χ3n) is 4.91. The highest BCUT2D eigenvalue weighted by Crippen LogP contribution is 2.58. The number of halogens is 2. The quantitative estimate of drug-likeness (QED) is 0.869. The Labute approximate surface area is 150 Å². The molecule has 1 saturated carbocycles. The van der Waals surface area contributed by atoms with Gasteiger partial charge in [0, 0.05) is 10.9 Å². The Hall–Kier alpha value is -0.880. The van der Waals surface area contributed by atoms with E-state index in [1.807, 2.05) is 18.2 Å². The van der Waals surface area contributed by atoms with E-state index in [-0.39, 0.29) is 29.6 Å². The summed E-state index contributed by atoms with van der Waals surface area (Å²) in [6.45, 7) is 2.60. The molecule has 0 radical (unpaired) electrons. The second-order valence-corrected chi connectivity index (χ2v) is 7.86. The molecule has 2 fully saturated rings. The van der Waals surface area contributed by atoms with Crippen molar-refractivity contribution in [3.63, 3.8) is 0 Å². The van der Waals surface area contributed by atoms with E-state index in [4.69, 9.17) is 11.6 Å². The molecule has 4 rings (SSSR count). The Morgan fingerprint density at radius 1 is 1.43 bits per heavy atom. The zero-order chi connectivity index (χ0) is 15.2. The Morgan fingerprint density at radius 3 is 3.00 bits per heavy atom. The fourth-order valence-corrected chi connectivity index (χ4v) is 4.56. The first-order valence-corrected chi connectivity index (χ1v) is 8.89. The number of rotatable bonds is 3. The fourth-order valence-electron chi connectivity index (χ4n) is 3.51. The van der Waals surface area contributed by atoms with Crippen LogP contribution in [-0.2, 0) is 11.3 Å². The minimum atomic E-state index is 0. The third-order valence-corrected chi connectivity index (χ3v) is 6.18. The predicted molar refractivity (Wildman–Crippen MR) is 96.4 cm³/mol. The highest BCUT2D eigenvalue weighted by Gasteiger charge is 2.57. The van der Waals surface area contributed by atoms with Crippen LogP contribution in [0.3, 0.4) is 0 Å². The van der Waals surface area contributed by atoms with Crippen LogP contribution in [0, 0.1) is 11.3 Å². The standard InChI is InChI=1S/C16H18ClN3OS.ClH/c17-10-1-2-13-12(7-10)20-14(22-13)9-19-15(21)11-8-16(11)3-5-18-6-4-16;/h1-2,7,11,18H,3-6,8-9H2,(H,19,21);1H. The molecule has 0 bridgehead atoms. The molecule has 23 heavy (non-hydrogen) atoms. The van der Waals surface area contributed by atoms with Gasteiger partial charge in [0.05, 0.1) is 16.8 Å². The van der Waals surface area contributed by atoms with E-state index >= 15 is 0 Å². The van der Waals surface area contributed by atoms with E-state index in [1.165, 1.54) is 0 Å². The first-order chi connectivity index (χ1) is 10.7. The summed E-state index contributed by atoms with van der Waals surface area (Å²) in [5, 5.41) is 8.06. The SMILES string of the molecule is Cl.O=C(NCc1nc2cc(Cl)ccc2s1)C1CC12CCNCC2. The summed E-state index contributed by atoms with van der Waals surface area (Å²) in [7, 11) is 0. The summed E-state index contributed by atoms with van der Waals surface area (Å²) in [5.41, 5.74) is 1.19. The molecule has 1 amide bonds. The van der Waals surface area contributed by atoms with Gasteiger partial charge in [0.1, 0.15) is 5.01 Å². The molecule has 4 nitrogen and oxygen atoms in total. The lowest BCUT2D eigenvalue weighted by Gasteiger charge is -2.23. The maximum Gasteiger partial charge on any atom is 0.224 e. The monoisotopic (exact) mass is 371 g/mol. The summed E-state index contributed by atoms with van der Waals surface area (Å²) in [4.78, 5) is 16.9. The van der Waals surface area contributed by atoms with E-state index < -0.39 is 0 Å². The maximum atomic E-state index is 12.3. The number of carbonyl (C=O) groups is 1. The van der Waals surface area contributed by atoms with E-state index in [1.54, 1.807) is 11.3 Å². The Kier molecular flexibility index (Phi) is 4.83. The van der Waals surface area contributed by atoms with Crippen LogP contribution >= 0.6 is 35.3 Å². The number of hydrogen-bond acceptors (Lipinski definition) is 4. The van der Waals surface area contributed by atoms with Gasteiger partial charge in [-0.3, -0.25) is 4.79 Å². The number of fused-ring (bicyclic) bond motifs is 1. The van der Waals surface area contributed by atoms with Crippen LogP contribution in [0.25, 0.3) is 10.2 Å². The second kappa shape index (κ2) is 6.55. The molecule has 2 aromatic rings. The van der Waals surface area contributed by atoms with Gasteiger partial charge in [0.15, 0.2) is 0 Å². The minimum absolute atomic E-state index is 0. The lowest BCUT2D eigenvalue weighted by atomic mass is 9.92. The van der Waals surface area contributed by atoms with Crippen molar-refractivity contribution in [3.05, 3.63) is 28.2 Å². The van der Waals surface area contributed by atoms with Gasteiger partial charge in [-0.05, 0) is 56.0 Å². The van der Waals surface area contributed by atoms with Gasteiger partial charge in [-0.2, -0.15) is 0 Å². The van der Waals surface area contributed by atoms with Gasteiger partial charge in [-0.1, -0.05) is 11.6 Å². The molecule has 2 heterocycles. The Bertz CT molecular complexity index is 727. The smallest absolute Gasteiger partial charge is 0.224 e. The van der Waals surface area contributed by atoms with Gasteiger partial charge in [0.2, 0.25) is 5.91 Å². The molecule has 2 N–H and O–H groups in total. The van der Waals surface area contributed by atoms with Gasteiger partial charge >= 0.3 is 0 Å². The number of aromatic nitrogens is 1. The molecule has 124 valence electrons. The zero-order valence-electron chi connectivity index (χ0n) is 12.6. The number of thiazole rings is 1. The molecule has 1 spiro atoms. The van der Waals surface area contributed by atoms with Crippen LogP contribution < -0.4 is 10.6 Å². The van der Waals surface area contributed by atoms with Gasteiger partial charge in [-0.25, -0.2) is 4.98 Å². The third kappa shape index (κ3) is 3.33. The molecule has 1 aliphatic heterocycles. The molecular weight excluding hydrogens is 353 g/mol. The molecular formula is C16H19Cl2N3OS. The summed E-state index contributed by atoms with van der Waals surface area (Å²) in [5.74, 6) is 0.401. The van der Waals surface area contributed by atoms with Gasteiger partial charge in [-0.15, -0.1) is 23.7 Å². The number of amides is 1. The average molecular weight is 372 g/mol. The van der Waals surface area contributed by atoms with E-state index in [9.17, 15) is 4.79 Å². The van der Waals surface area contributed by atoms with Crippen LogP contribution in [0.15, 0.2) is 18.2 Å². The number of hydrogen-bond donors (Lipinski definition) is 2. The topological polar surface area (TPSA) is 54.0 Å². The van der Waals surface area contributed by atoms with Gasteiger partial charge in [0.25, 0.3) is 0 Å². The normalized spacial score (nSPS) is 21.9. The molecule has 2 aliphatic rings. The molecule has 1 atom stereocenters. The Morgan fingerprint density at radius 2 is 2.22 bits per heavy atom. The minimum Gasteiger partial charge on any atom is -0.349 e. The summed E-state index contributed by atoms with van der Waals surface area (Å²) in [6, 6.07) is 5.71. The first-order valence-electron chi connectivity index (χ1n) is 7.70. The molecule has 1 saturated heterocycles. The van der Waals surface area contributed by atoms with Crippen molar-refractivity contribution in [1.29, 1.82) is 0 Å². The van der Waals surface area contributed by atoms with E-state index in [0.29, 0.717) is 11.6 Å². The van der Waals surface area contributed by atoms with E-state index in [2.05, 4.69) is 15.6 Å². The second-order valence-electron chi connectivity index (χ2n) is 6.31. The molecule has 1 aliphatic carbocycles. The van der Waals surface area contributed by atoms with Crippen molar-refractivity contribution in [2.24, 2.45) is 11.3 Å². The fraction of sp³-hybridized carbons (Fsp3) is 0.500. The molecule has 1 aromatic carbocycles. The van der Waals surface area contributed by atoms with Crippen molar-refractivity contribution in [3.8, 4) is 0 Å². The van der Waals surface area contributed by atoms with Crippen molar-refractivity contribution in [2.45, 2.75) is 25.8 Å². The van der Waals surface area contributed by atoms with Crippen LogP contribution in [0.1, 0.15) is 24.3 Å². The zero-order valence-corrected chi connectivity index (χ0v) is 15.0. The highest BCUT2D eigenvalue weighted by atomic mass is 35.5. The summed E-state index contributed by atoms with van der Waals surface area (Å²) >= 11 is 7.59. The number of nitrogens with one attached hydrogen (secondary N) is 2. The first kappa shape index (κ1) is 17.0. The summed E-state index contributed by atoms with van der Waals surface area (Å²) in [6.07, 6.45) is 3.31. The van der Waals surface area contributed by atoms with Crippen LogP contribution in [0.2, 0.25) is 5.02 Å². The van der Waals surface area contributed by atoms with Crippen LogP contribution in [0.4, 0.5) is 0 Å². The summed E-state index contributed by atoms with van der Waals surface area (Å²) < 4.78 is 1.11. The van der Waals surface area contributed by atoms with Gasteiger partial charge < -0.3 is 10.6 Å². The number of piperidine rings is 1. The lowest BCUT2D eigenvalue weighted by Crippen LogP contribution is -2.33. The Balaban J connectivity index is 0.00000156. The van der Waals surface area contributed by atoms with Crippen molar-refractivity contribution < 1.29 is 4.79 Å². The number of benzene rings is 1. The number of nitrogens with zero attached hydrogens (tertiary/aromatic N) is 1. The largest absolute Gasteiger partial charge is 0.349 e. The van der Waals surface area contributed by atoms with Crippen LogP contribution in [-0.4, -0.2) is 24.0 Å². The van der Waals surface area contributed by atoms with Crippen molar-refractivity contribution >= 4 is 51.5 Å². The number of carbonyl (C=O) groups excluding carboxylic acids is 1. The van der Waals surface area contributed by atoms with Crippen molar-refractivity contribution in [1.82, 2.24) is 15.6 Å². The average Bonchev–Trinajstić information content (AvgIpc) is 3.05. The van der Waals surface area contributed by atoms with E-state index in [0.717, 1.165) is 47.6 Å². The lowest BCUT2D eigenvalue weighted by molar-refractivity contribution is -0.123. The molecule has 1 unspecified atom stereocenters. The maximum absolute atomic E-state index is 12.3. The predicted octanol–water partition coefficient (Wildman–Crippen LogP) is 3.38.